The van der Waals surface area contributed by atoms with E-state index in [9.17, 15) is 19.5 Å². The molecule has 0 aliphatic heterocycles. The molecule has 0 aromatic heterocycles. The van der Waals surface area contributed by atoms with E-state index in [1.165, 1.54) is 14.0 Å². The Bertz CT molecular complexity index is 534. The molecule has 1 aromatic carbocycles. The molecule has 0 fully saturated rings. The van der Waals surface area contributed by atoms with Crippen molar-refractivity contribution in [1.82, 2.24) is 10.6 Å². The molecule has 23 heavy (non-hydrogen) atoms. The van der Waals surface area contributed by atoms with Gasteiger partial charge in [0.1, 0.15) is 18.7 Å². The second-order valence-corrected chi connectivity index (χ2v) is 4.69. The van der Waals surface area contributed by atoms with E-state index in [-0.39, 0.29) is 6.61 Å². The Balaban J connectivity index is 2.46. The van der Waals surface area contributed by atoms with Gasteiger partial charge >= 0.3 is 12.1 Å². The highest BCUT2D eigenvalue weighted by Gasteiger charge is 2.24. The zero-order chi connectivity index (χ0) is 17.2. The molecule has 3 N–H and O–H groups in total. The van der Waals surface area contributed by atoms with Crippen molar-refractivity contribution >= 4 is 18.0 Å². The highest BCUT2D eigenvalue weighted by molar-refractivity contribution is 5.89. The van der Waals surface area contributed by atoms with Gasteiger partial charge in [-0.05, 0) is 12.5 Å². The molecule has 8 heteroatoms. The predicted octanol–water partition coefficient (Wildman–Crippen LogP) is -0.0486. The largest absolute Gasteiger partial charge is 0.467 e. The summed E-state index contributed by atoms with van der Waals surface area (Å²) in [5, 5.41) is 13.7. The first kappa shape index (κ1) is 18.4. The molecule has 0 aliphatic rings. The molecule has 0 heterocycles. The fourth-order valence-corrected chi connectivity index (χ4v) is 1.65. The second kappa shape index (κ2) is 9.42. The van der Waals surface area contributed by atoms with Gasteiger partial charge in [-0.2, -0.15) is 0 Å². The van der Waals surface area contributed by atoms with Gasteiger partial charge in [0.2, 0.25) is 5.91 Å². The number of aliphatic hydroxyl groups is 1. The molecule has 0 aliphatic carbocycles. The maximum atomic E-state index is 11.9. The third-order valence-electron chi connectivity index (χ3n) is 2.92. The second-order valence-electron chi connectivity index (χ2n) is 4.69. The van der Waals surface area contributed by atoms with Crippen LogP contribution in [0.5, 0.6) is 0 Å². The van der Waals surface area contributed by atoms with E-state index in [1.54, 1.807) is 24.3 Å². The van der Waals surface area contributed by atoms with Crippen LogP contribution >= 0.6 is 0 Å². The van der Waals surface area contributed by atoms with Crippen LogP contribution in [0, 0.1) is 0 Å². The molecular weight excluding hydrogens is 304 g/mol. The number of rotatable bonds is 7. The molecule has 0 saturated carbocycles. The summed E-state index contributed by atoms with van der Waals surface area (Å²) < 4.78 is 9.42. The van der Waals surface area contributed by atoms with Crippen LogP contribution in [0.4, 0.5) is 4.79 Å². The number of nitrogens with one attached hydrogen (secondary N) is 2. The van der Waals surface area contributed by atoms with Crippen molar-refractivity contribution in [1.29, 1.82) is 0 Å². The maximum absolute atomic E-state index is 11.9. The SMILES string of the molecule is COC(=O)[C@H](C)NC(=O)[C@@H](CO)NC(=O)OCc1ccccc1. The van der Waals surface area contributed by atoms with E-state index in [1.807, 2.05) is 6.07 Å². The first-order valence-corrected chi connectivity index (χ1v) is 6.94. The molecule has 0 unspecified atom stereocenters. The van der Waals surface area contributed by atoms with E-state index in [0.29, 0.717) is 0 Å². The van der Waals surface area contributed by atoms with Gasteiger partial charge in [-0.15, -0.1) is 0 Å². The Kier molecular flexibility index (Phi) is 7.55. The van der Waals surface area contributed by atoms with Crippen LogP contribution in [0.2, 0.25) is 0 Å². The number of methoxy groups -OCH3 is 1. The summed E-state index contributed by atoms with van der Waals surface area (Å²) in [6, 6.07) is 6.86. The minimum absolute atomic E-state index is 0.0327. The zero-order valence-corrected chi connectivity index (χ0v) is 12.9. The summed E-state index contributed by atoms with van der Waals surface area (Å²) in [6.07, 6.45) is -0.853. The predicted molar refractivity (Wildman–Crippen MR) is 80.3 cm³/mol. The third-order valence-corrected chi connectivity index (χ3v) is 2.92. The van der Waals surface area contributed by atoms with Crippen LogP contribution in [-0.4, -0.2) is 48.9 Å². The molecule has 1 rings (SSSR count). The van der Waals surface area contributed by atoms with Crippen LogP contribution in [0.1, 0.15) is 12.5 Å². The average molecular weight is 324 g/mol. The van der Waals surface area contributed by atoms with Gasteiger partial charge < -0.3 is 25.2 Å². The lowest BCUT2D eigenvalue weighted by Gasteiger charge is -2.18. The fourth-order valence-electron chi connectivity index (χ4n) is 1.65. The quantitative estimate of drug-likeness (QED) is 0.606. The van der Waals surface area contributed by atoms with Gasteiger partial charge in [-0.1, -0.05) is 30.3 Å². The smallest absolute Gasteiger partial charge is 0.408 e. The Labute approximate surface area is 133 Å². The number of hydrogen-bond donors (Lipinski definition) is 3. The van der Waals surface area contributed by atoms with E-state index < -0.39 is 36.7 Å². The third kappa shape index (κ3) is 6.35. The van der Waals surface area contributed by atoms with E-state index >= 15 is 0 Å². The van der Waals surface area contributed by atoms with Gasteiger partial charge in [0, 0.05) is 0 Å². The first-order valence-electron chi connectivity index (χ1n) is 6.94. The van der Waals surface area contributed by atoms with Gasteiger partial charge in [-0.3, -0.25) is 4.79 Å². The summed E-state index contributed by atoms with van der Waals surface area (Å²) in [5.74, 6) is -1.36. The topological polar surface area (TPSA) is 114 Å². The normalized spacial score (nSPS) is 12.7. The molecule has 0 spiro atoms. The first-order chi connectivity index (χ1) is 11.0. The molecule has 0 radical (unpaired) electrons. The number of hydrogen-bond acceptors (Lipinski definition) is 6. The Morgan fingerprint density at radius 3 is 2.39 bits per heavy atom. The van der Waals surface area contributed by atoms with Crippen molar-refractivity contribution in [2.45, 2.75) is 25.6 Å². The van der Waals surface area contributed by atoms with Gasteiger partial charge in [0.05, 0.1) is 13.7 Å². The van der Waals surface area contributed by atoms with E-state index in [4.69, 9.17) is 4.74 Å². The Morgan fingerprint density at radius 2 is 1.83 bits per heavy atom. The molecule has 0 saturated heterocycles. The number of carbonyl (C=O) groups is 3. The summed E-state index contributed by atoms with van der Waals surface area (Å²) in [7, 11) is 1.19. The number of carbonyl (C=O) groups excluding carboxylic acids is 3. The van der Waals surface area contributed by atoms with E-state index in [0.717, 1.165) is 5.56 Å². The Morgan fingerprint density at radius 1 is 1.17 bits per heavy atom. The van der Waals surface area contributed by atoms with Crippen LogP contribution in [0.15, 0.2) is 30.3 Å². The van der Waals surface area contributed by atoms with Crippen molar-refractivity contribution in [3.05, 3.63) is 35.9 Å². The minimum atomic E-state index is -1.23. The molecule has 2 atom stereocenters. The van der Waals surface area contributed by atoms with Gasteiger partial charge in [-0.25, -0.2) is 9.59 Å². The number of benzene rings is 1. The lowest BCUT2D eigenvalue weighted by Crippen LogP contribution is -2.52. The molecular formula is C15H20N2O6. The van der Waals surface area contributed by atoms with Crippen molar-refractivity contribution in [2.75, 3.05) is 13.7 Å². The average Bonchev–Trinajstić information content (AvgIpc) is 2.57. The van der Waals surface area contributed by atoms with Crippen LogP contribution in [0.3, 0.4) is 0 Å². The number of amides is 2. The minimum Gasteiger partial charge on any atom is -0.467 e. The molecule has 8 nitrogen and oxygen atoms in total. The maximum Gasteiger partial charge on any atom is 0.408 e. The summed E-state index contributed by atoms with van der Waals surface area (Å²) in [5.41, 5.74) is 0.784. The van der Waals surface area contributed by atoms with Crippen molar-refractivity contribution in [2.24, 2.45) is 0 Å². The summed E-state index contributed by atoms with van der Waals surface area (Å²) >= 11 is 0. The van der Waals surface area contributed by atoms with Crippen molar-refractivity contribution in [3.63, 3.8) is 0 Å². The summed E-state index contributed by atoms with van der Waals surface area (Å²) in [4.78, 5) is 34.7. The van der Waals surface area contributed by atoms with Crippen LogP contribution in [0.25, 0.3) is 0 Å². The summed E-state index contributed by atoms with van der Waals surface area (Å²) in [6.45, 7) is 0.817. The van der Waals surface area contributed by atoms with Gasteiger partial charge in [0.15, 0.2) is 0 Å². The zero-order valence-electron chi connectivity index (χ0n) is 12.9. The molecule has 0 bridgehead atoms. The number of aliphatic hydroxyl groups excluding tert-OH is 1. The lowest BCUT2D eigenvalue weighted by molar-refractivity contribution is -0.144. The molecule has 2 amide bonds. The van der Waals surface area contributed by atoms with Crippen LogP contribution in [-0.2, 0) is 25.7 Å². The molecule has 1 aromatic rings. The number of alkyl carbamates (subject to hydrolysis) is 1. The van der Waals surface area contributed by atoms with Crippen molar-refractivity contribution in [3.8, 4) is 0 Å². The highest BCUT2D eigenvalue weighted by Crippen LogP contribution is 2.01. The standard InChI is InChI=1S/C15H20N2O6/c1-10(14(20)22-2)16-13(19)12(8-18)17-15(21)23-9-11-6-4-3-5-7-11/h3-7,10,12,18H,8-9H2,1-2H3,(H,16,19)(H,17,21)/t10-,12+/m0/s1. The monoisotopic (exact) mass is 324 g/mol. The van der Waals surface area contributed by atoms with Crippen LogP contribution < -0.4 is 10.6 Å². The number of ether oxygens (including phenoxy) is 2. The van der Waals surface area contributed by atoms with E-state index in [2.05, 4.69) is 15.4 Å². The molecule has 126 valence electrons. The fraction of sp³-hybridized carbons (Fsp3) is 0.400. The lowest BCUT2D eigenvalue weighted by atomic mass is 10.2. The number of esters is 1. The highest BCUT2D eigenvalue weighted by atomic mass is 16.5. The Hall–Kier alpha value is -2.61. The van der Waals surface area contributed by atoms with Crippen molar-refractivity contribution < 1.29 is 29.0 Å². The van der Waals surface area contributed by atoms with Gasteiger partial charge in [0.25, 0.3) is 0 Å².